The standard InChI is InChI=1S/C18H21N7/c1-12(7-15(20)9-19)18(21)25-6-4-16-14(11-25)8-13(10-22-16)17-3-5-23-24(17)2/h3,5,7-8,10H,4,6,11,20-21H2,1-2H3/b15-7-,18-12+. The van der Waals surface area contributed by atoms with Gasteiger partial charge in [0, 0.05) is 50.2 Å². The summed E-state index contributed by atoms with van der Waals surface area (Å²) in [7, 11) is 1.91. The van der Waals surface area contributed by atoms with Crippen LogP contribution in [0, 0.1) is 11.3 Å². The van der Waals surface area contributed by atoms with Gasteiger partial charge in [0.15, 0.2) is 0 Å². The summed E-state index contributed by atoms with van der Waals surface area (Å²) in [6.45, 7) is 3.32. The van der Waals surface area contributed by atoms with Crippen LogP contribution in [0.5, 0.6) is 0 Å². The highest BCUT2D eigenvalue weighted by Gasteiger charge is 2.20. The van der Waals surface area contributed by atoms with E-state index in [1.165, 1.54) is 0 Å². The smallest absolute Gasteiger partial charge is 0.117 e. The summed E-state index contributed by atoms with van der Waals surface area (Å²) in [4.78, 5) is 6.71. The van der Waals surface area contributed by atoms with Crippen LogP contribution in [0.15, 0.2) is 47.7 Å². The minimum absolute atomic E-state index is 0.151. The van der Waals surface area contributed by atoms with Gasteiger partial charge in [0.1, 0.15) is 17.6 Å². The van der Waals surface area contributed by atoms with Crippen LogP contribution in [-0.2, 0) is 20.0 Å². The number of aryl methyl sites for hydroxylation is 1. The van der Waals surface area contributed by atoms with Gasteiger partial charge in [-0.15, -0.1) is 0 Å². The van der Waals surface area contributed by atoms with Gasteiger partial charge in [-0.25, -0.2) is 0 Å². The lowest BCUT2D eigenvalue weighted by molar-refractivity contribution is 0.313. The Balaban J connectivity index is 1.89. The third-order valence-corrected chi connectivity index (χ3v) is 4.40. The molecular formula is C18H21N7. The van der Waals surface area contributed by atoms with Crippen LogP contribution < -0.4 is 11.5 Å². The van der Waals surface area contributed by atoms with Gasteiger partial charge in [0.25, 0.3) is 0 Å². The molecule has 7 heteroatoms. The molecule has 0 saturated carbocycles. The second kappa shape index (κ2) is 6.69. The van der Waals surface area contributed by atoms with Gasteiger partial charge in [-0.1, -0.05) is 0 Å². The molecule has 3 heterocycles. The predicted octanol–water partition coefficient (Wildman–Crippen LogP) is 1.40. The molecule has 0 aliphatic carbocycles. The quantitative estimate of drug-likeness (QED) is 0.648. The Kier molecular flexibility index (Phi) is 4.44. The topological polar surface area (TPSA) is 110 Å². The normalized spacial score (nSPS) is 15.4. The van der Waals surface area contributed by atoms with Crippen molar-refractivity contribution in [1.29, 1.82) is 5.26 Å². The molecule has 2 aromatic rings. The van der Waals surface area contributed by atoms with Crippen LogP contribution >= 0.6 is 0 Å². The van der Waals surface area contributed by atoms with Crippen molar-refractivity contribution in [2.24, 2.45) is 18.5 Å². The number of nitriles is 1. The van der Waals surface area contributed by atoms with E-state index in [-0.39, 0.29) is 5.70 Å². The van der Waals surface area contributed by atoms with Crippen molar-refractivity contribution in [2.45, 2.75) is 19.9 Å². The number of pyridine rings is 1. The fourth-order valence-corrected chi connectivity index (χ4v) is 3.02. The minimum atomic E-state index is 0.151. The molecule has 0 bridgehead atoms. The molecule has 0 saturated heterocycles. The summed E-state index contributed by atoms with van der Waals surface area (Å²) in [6, 6.07) is 6.03. The van der Waals surface area contributed by atoms with Gasteiger partial charge < -0.3 is 16.4 Å². The number of hydrogen-bond donors (Lipinski definition) is 2. The molecule has 128 valence electrons. The zero-order valence-corrected chi connectivity index (χ0v) is 14.4. The van der Waals surface area contributed by atoms with Crippen molar-refractivity contribution in [1.82, 2.24) is 19.7 Å². The number of allylic oxidation sites excluding steroid dienone is 3. The van der Waals surface area contributed by atoms with Gasteiger partial charge in [0.05, 0.1) is 5.69 Å². The number of rotatable bonds is 3. The second-order valence-electron chi connectivity index (χ2n) is 6.12. The van der Waals surface area contributed by atoms with Crippen LogP contribution in [0.1, 0.15) is 18.2 Å². The minimum Gasteiger partial charge on any atom is -0.390 e. The lowest BCUT2D eigenvalue weighted by Crippen LogP contribution is -2.34. The molecule has 0 amide bonds. The highest BCUT2D eigenvalue weighted by Crippen LogP contribution is 2.25. The Bertz CT molecular complexity index is 898. The van der Waals surface area contributed by atoms with Gasteiger partial charge in [0.2, 0.25) is 0 Å². The molecule has 25 heavy (non-hydrogen) atoms. The number of nitrogens with zero attached hydrogens (tertiary/aromatic N) is 5. The molecule has 4 N–H and O–H groups in total. The van der Waals surface area contributed by atoms with Crippen LogP contribution in [0.3, 0.4) is 0 Å². The van der Waals surface area contributed by atoms with E-state index in [0.29, 0.717) is 12.4 Å². The molecule has 2 aromatic heterocycles. The first-order valence-electron chi connectivity index (χ1n) is 8.04. The summed E-state index contributed by atoms with van der Waals surface area (Å²) >= 11 is 0. The van der Waals surface area contributed by atoms with Crippen LogP contribution in [0.2, 0.25) is 0 Å². The number of hydrogen-bond acceptors (Lipinski definition) is 6. The highest BCUT2D eigenvalue weighted by atomic mass is 15.3. The zero-order valence-electron chi connectivity index (χ0n) is 14.4. The first-order chi connectivity index (χ1) is 12.0. The molecule has 0 fully saturated rings. The van der Waals surface area contributed by atoms with Crippen molar-refractivity contribution < 1.29 is 0 Å². The van der Waals surface area contributed by atoms with E-state index in [2.05, 4.69) is 21.0 Å². The monoisotopic (exact) mass is 335 g/mol. The van der Waals surface area contributed by atoms with Crippen molar-refractivity contribution >= 4 is 0 Å². The van der Waals surface area contributed by atoms with Crippen molar-refractivity contribution in [3.63, 3.8) is 0 Å². The Morgan fingerprint density at radius 3 is 2.88 bits per heavy atom. The maximum atomic E-state index is 8.81. The van der Waals surface area contributed by atoms with E-state index >= 15 is 0 Å². The number of fused-ring (bicyclic) bond motifs is 1. The molecule has 0 unspecified atom stereocenters. The van der Waals surface area contributed by atoms with E-state index in [4.69, 9.17) is 16.7 Å². The summed E-state index contributed by atoms with van der Waals surface area (Å²) in [5.74, 6) is 0.634. The summed E-state index contributed by atoms with van der Waals surface area (Å²) in [6.07, 6.45) is 6.10. The van der Waals surface area contributed by atoms with Crippen LogP contribution in [-0.4, -0.2) is 26.2 Å². The summed E-state index contributed by atoms with van der Waals surface area (Å²) < 4.78 is 1.83. The van der Waals surface area contributed by atoms with E-state index in [9.17, 15) is 0 Å². The molecule has 1 aliphatic rings. The number of aromatic nitrogens is 3. The van der Waals surface area contributed by atoms with Crippen molar-refractivity contribution in [3.8, 4) is 17.3 Å². The molecule has 3 rings (SSSR count). The van der Waals surface area contributed by atoms with Gasteiger partial charge in [-0.3, -0.25) is 9.67 Å². The maximum Gasteiger partial charge on any atom is 0.117 e. The van der Waals surface area contributed by atoms with Gasteiger partial charge in [-0.2, -0.15) is 10.4 Å². The van der Waals surface area contributed by atoms with E-state index in [1.807, 2.05) is 37.0 Å². The third-order valence-electron chi connectivity index (χ3n) is 4.40. The van der Waals surface area contributed by atoms with E-state index in [0.717, 1.165) is 41.1 Å². The Hall–Kier alpha value is -3.27. The summed E-state index contributed by atoms with van der Waals surface area (Å²) in [5.41, 5.74) is 17.1. The van der Waals surface area contributed by atoms with Crippen molar-refractivity contribution in [3.05, 3.63) is 59.0 Å². The highest BCUT2D eigenvalue weighted by molar-refractivity contribution is 5.59. The fourth-order valence-electron chi connectivity index (χ4n) is 3.02. The van der Waals surface area contributed by atoms with E-state index in [1.54, 1.807) is 12.3 Å². The Morgan fingerprint density at radius 1 is 1.40 bits per heavy atom. The Morgan fingerprint density at radius 2 is 2.20 bits per heavy atom. The SMILES string of the molecule is CC(/C=C(\N)C#N)=C(/N)N1CCc2ncc(-c3ccnn3C)cc2C1. The molecule has 7 nitrogen and oxygen atoms in total. The fraction of sp³-hybridized carbons (Fsp3) is 0.278. The molecule has 0 radical (unpaired) electrons. The third kappa shape index (κ3) is 3.33. The zero-order chi connectivity index (χ0) is 18.0. The molecular weight excluding hydrogens is 314 g/mol. The van der Waals surface area contributed by atoms with Gasteiger partial charge >= 0.3 is 0 Å². The molecule has 0 aromatic carbocycles. The maximum absolute atomic E-state index is 8.81. The van der Waals surface area contributed by atoms with Gasteiger partial charge in [-0.05, 0) is 36.3 Å². The first-order valence-corrected chi connectivity index (χ1v) is 8.04. The average Bonchev–Trinajstić information content (AvgIpc) is 3.05. The lowest BCUT2D eigenvalue weighted by Gasteiger charge is -2.31. The predicted molar refractivity (Wildman–Crippen MR) is 95.3 cm³/mol. The average molecular weight is 335 g/mol. The first kappa shape index (κ1) is 16.6. The van der Waals surface area contributed by atoms with Crippen LogP contribution in [0.4, 0.5) is 0 Å². The second-order valence-corrected chi connectivity index (χ2v) is 6.12. The molecule has 0 atom stereocenters. The molecule has 1 aliphatic heterocycles. The van der Waals surface area contributed by atoms with Crippen LogP contribution in [0.25, 0.3) is 11.3 Å². The molecule has 0 spiro atoms. The number of nitrogens with two attached hydrogens (primary N) is 2. The largest absolute Gasteiger partial charge is 0.390 e. The van der Waals surface area contributed by atoms with Crippen molar-refractivity contribution in [2.75, 3.05) is 6.54 Å². The van der Waals surface area contributed by atoms with E-state index < -0.39 is 0 Å². The lowest BCUT2D eigenvalue weighted by atomic mass is 10.0. The summed E-state index contributed by atoms with van der Waals surface area (Å²) in [5, 5.41) is 13.0. The Labute approximate surface area is 146 Å².